The maximum atomic E-state index is 14.2. The Balaban J connectivity index is 1.41. The van der Waals surface area contributed by atoms with E-state index in [1.165, 1.54) is 39.1 Å². The maximum absolute atomic E-state index is 14.2. The molecule has 4 N–H and O–H groups in total. The number of rotatable bonds is 18. The third-order valence-corrected chi connectivity index (χ3v) is 13.2. The van der Waals surface area contributed by atoms with E-state index >= 15 is 0 Å². The van der Waals surface area contributed by atoms with E-state index in [0.717, 1.165) is 48.4 Å². The number of nitrogens with one attached hydrogen (secondary N) is 4. The van der Waals surface area contributed by atoms with Crippen LogP contribution in [0, 0.1) is 17.8 Å². The van der Waals surface area contributed by atoms with Gasteiger partial charge < -0.3 is 30.7 Å². The predicted octanol–water partition coefficient (Wildman–Crippen LogP) is 6.79. The van der Waals surface area contributed by atoms with E-state index in [1.54, 1.807) is 12.1 Å². The Morgan fingerprint density at radius 2 is 1.17 bits per heavy atom. The summed E-state index contributed by atoms with van der Waals surface area (Å²) in [5.41, 5.74) is -0.159. The molecule has 0 aliphatic heterocycles. The molecule has 4 aromatic rings. The Bertz CT molecular complexity index is 2900. The number of aryl methyl sites for hydroxylation is 1. The van der Waals surface area contributed by atoms with Gasteiger partial charge in [-0.3, -0.25) is 28.8 Å². The molecule has 0 spiro atoms. The number of ether oxygens (including phenoxy) is 2. The number of ketones is 2. The van der Waals surface area contributed by atoms with Crippen LogP contribution >= 0.6 is 0 Å². The van der Waals surface area contributed by atoms with Crippen molar-refractivity contribution in [2.75, 3.05) is 32.1 Å². The summed E-state index contributed by atoms with van der Waals surface area (Å²) < 4.78 is 38.6. The topological polar surface area (TPSA) is 237 Å². The normalized spacial score (nSPS) is 16.2. The molecular formula is C52H56N4O12S. The second-order valence-electron chi connectivity index (χ2n) is 18.4. The first-order valence-electron chi connectivity index (χ1n) is 21.9. The first-order chi connectivity index (χ1) is 32.3. The minimum absolute atomic E-state index is 0.102. The molecule has 362 valence electrons. The molecule has 0 radical (unpaired) electrons. The van der Waals surface area contributed by atoms with Gasteiger partial charge in [0.2, 0.25) is 9.84 Å². The Morgan fingerprint density at radius 1 is 0.652 bits per heavy atom. The molecule has 17 heteroatoms. The largest absolute Gasteiger partial charge is 0.454 e. The molecule has 1 fully saturated rings. The fourth-order valence-electron chi connectivity index (χ4n) is 8.31. The summed E-state index contributed by atoms with van der Waals surface area (Å²) in [4.78, 5) is 104. The Labute approximate surface area is 401 Å². The second kappa shape index (κ2) is 21.6. The molecule has 0 saturated heterocycles. The van der Waals surface area contributed by atoms with Gasteiger partial charge in [-0.25, -0.2) is 18.0 Å². The van der Waals surface area contributed by atoms with Crippen molar-refractivity contribution in [2.45, 2.75) is 76.6 Å². The van der Waals surface area contributed by atoms with Crippen molar-refractivity contribution in [1.29, 1.82) is 0 Å². The lowest BCUT2D eigenvalue weighted by molar-refractivity contribution is -0.119. The Morgan fingerprint density at radius 3 is 1.70 bits per heavy atom. The van der Waals surface area contributed by atoms with Crippen LogP contribution in [0.3, 0.4) is 0 Å². The van der Waals surface area contributed by atoms with Gasteiger partial charge in [0.1, 0.15) is 0 Å². The second-order valence-corrected chi connectivity index (χ2v) is 20.3. The van der Waals surface area contributed by atoms with E-state index in [2.05, 4.69) is 55.2 Å². The number of Topliss-reactive ketones (excluding diaryl/α,β-unsaturated/α-hetero) is 2. The number of anilines is 1. The van der Waals surface area contributed by atoms with Gasteiger partial charge in [-0.15, -0.1) is 0 Å². The van der Waals surface area contributed by atoms with Gasteiger partial charge in [-0.1, -0.05) is 57.7 Å². The zero-order valence-electron chi connectivity index (χ0n) is 39.6. The van der Waals surface area contributed by atoms with E-state index in [1.807, 2.05) is 25.1 Å². The Kier molecular flexibility index (Phi) is 16.4. The molecular weight excluding hydrogens is 905 g/mol. The van der Waals surface area contributed by atoms with E-state index in [-0.39, 0.29) is 50.7 Å². The van der Waals surface area contributed by atoms with E-state index in [4.69, 9.17) is 9.47 Å². The highest BCUT2D eigenvalue weighted by molar-refractivity contribution is 7.91. The first kappa shape index (κ1) is 52.4. The van der Waals surface area contributed by atoms with Gasteiger partial charge in [0.15, 0.2) is 24.8 Å². The van der Waals surface area contributed by atoms with E-state index < -0.39 is 90.8 Å². The number of amides is 4. The molecule has 0 heterocycles. The number of esters is 2. The predicted molar refractivity (Wildman–Crippen MR) is 257 cm³/mol. The zero-order valence-corrected chi connectivity index (χ0v) is 40.4. The van der Waals surface area contributed by atoms with E-state index in [0.29, 0.717) is 24.9 Å². The maximum Gasteiger partial charge on any atom is 0.339 e. The van der Waals surface area contributed by atoms with Crippen LogP contribution < -0.4 is 21.3 Å². The van der Waals surface area contributed by atoms with Gasteiger partial charge in [-0.2, -0.15) is 0 Å². The number of hydrogen-bond donors (Lipinski definition) is 4. The zero-order chi connectivity index (χ0) is 51.0. The monoisotopic (exact) mass is 960 g/mol. The summed E-state index contributed by atoms with van der Waals surface area (Å²) in [5.74, 6) is -5.86. The Hall–Kier alpha value is -7.53. The minimum Gasteiger partial charge on any atom is -0.454 e. The van der Waals surface area contributed by atoms with Crippen LogP contribution in [0.4, 0.5) is 5.69 Å². The quantitative estimate of drug-likeness (QED) is 0.0596. The van der Waals surface area contributed by atoms with Crippen LogP contribution in [-0.2, 0) is 28.9 Å². The van der Waals surface area contributed by atoms with Crippen molar-refractivity contribution in [3.8, 4) is 0 Å². The van der Waals surface area contributed by atoms with Gasteiger partial charge in [-0.05, 0) is 129 Å². The minimum atomic E-state index is -4.63. The van der Waals surface area contributed by atoms with Crippen molar-refractivity contribution in [1.82, 2.24) is 16.0 Å². The van der Waals surface area contributed by atoms with Crippen molar-refractivity contribution >= 4 is 62.7 Å². The third kappa shape index (κ3) is 13.3. The highest BCUT2D eigenvalue weighted by Crippen LogP contribution is 2.46. The van der Waals surface area contributed by atoms with Crippen LogP contribution in [0.5, 0.6) is 0 Å². The fourth-order valence-corrected chi connectivity index (χ4v) is 9.62. The molecule has 2 unspecified atom stereocenters. The molecule has 1 saturated carbocycles. The van der Waals surface area contributed by atoms with Gasteiger partial charge >= 0.3 is 11.9 Å². The highest BCUT2D eigenvalue weighted by atomic mass is 32.2. The summed E-state index contributed by atoms with van der Waals surface area (Å²) in [5, 5.41) is 11.2. The van der Waals surface area contributed by atoms with Crippen LogP contribution in [0.2, 0.25) is 0 Å². The molecule has 1 aliphatic carbocycles. The molecule has 69 heavy (non-hydrogen) atoms. The van der Waals surface area contributed by atoms with Gasteiger partial charge in [0.25, 0.3) is 23.6 Å². The van der Waals surface area contributed by atoms with Gasteiger partial charge in [0.05, 0.1) is 32.0 Å². The summed E-state index contributed by atoms with van der Waals surface area (Å²) in [6.07, 6.45) is 2.03. The smallest absolute Gasteiger partial charge is 0.339 e. The molecule has 2 atom stereocenters. The number of carbonyl (C=O) groups is 8. The van der Waals surface area contributed by atoms with Crippen molar-refractivity contribution in [3.63, 3.8) is 0 Å². The highest BCUT2D eigenvalue weighted by Gasteiger charge is 2.42. The summed E-state index contributed by atoms with van der Waals surface area (Å²) in [6.45, 7) is 17.1. The number of sulfone groups is 1. The summed E-state index contributed by atoms with van der Waals surface area (Å²) in [7, 11) is -3.38. The fraction of sp³-hybridized carbons (Fsp3) is 0.308. The average molecular weight is 961 g/mol. The standard InChI is InChI=1S/C52H56N4O12S/c1-30(2)43(57)26-67-49(63)39-18-16-37(22-41(39)47(61)53-9)69(65,66)38-17-19-40(50(64)68-27-44(58)31(3)4)42(23-38)48(62)55-35-15-11-14-34(21-35)46(60)56-36-24-51(6,7)28-52(8,25-36)29-54-45(59)33-13-10-12-32(5)20-33/h10-23,36H,1,3,24-29H2,2,4-9H3,(H,53,61)(H,54,59)(H,55,62)(H,56,60). The van der Waals surface area contributed by atoms with Crippen LogP contribution in [0.25, 0.3) is 0 Å². The van der Waals surface area contributed by atoms with Crippen molar-refractivity contribution < 1.29 is 56.2 Å². The molecule has 4 aromatic carbocycles. The molecule has 4 amide bonds. The summed E-state index contributed by atoms with van der Waals surface area (Å²) >= 11 is 0. The molecule has 0 bridgehead atoms. The number of carbonyl (C=O) groups excluding carboxylic acids is 8. The third-order valence-electron chi connectivity index (χ3n) is 11.5. The van der Waals surface area contributed by atoms with Crippen molar-refractivity contribution in [3.05, 3.63) is 148 Å². The molecule has 5 rings (SSSR count). The first-order valence-corrected chi connectivity index (χ1v) is 23.4. The SMILES string of the molecule is C=C(C)C(=O)COC(=O)c1ccc(S(=O)(=O)c2ccc(C(=O)OCC(=O)C(=C)C)c(C(=O)Nc3cccc(C(=O)NC4CC(C)(C)CC(C)(CNC(=O)c5cccc(C)c5)C4)c3)c2)cc1C(=O)NC. The lowest BCUT2D eigenvalue weighted by Gasteiger charge is -2.47. The number of hydrogen-bond acceptors (Lipinski definition) is 12. The number of benzene rings is 4. The van der Waals surface area contributed by atoms with Crippen LogP contribution in [0.1, 0.15) is 122 Å². The lowest BCUT2D eigenvalue weighted by Crippen LogP contribution is -2.50. The average Bonchev–Trinajstić information content (AvgIpc) is 3.30. The van der Waals surface area contributed by atoms with Crippen molar-refractivity contribution in [2.24, 2.45) is 10.8 Å². The van der Waals surface area contributed by atoms with E-state index in [9.17, 15) is 46.8 Å². The van der Waals surface area contributed by atoms with Crippen LogP contribution in [0.15, 0.2) is 119 Å². The molecule has 16 nitrogen and oxygen atoms in total. The lowest BCUT2D eigenvalue weighted by atomic mass is 9.62. The molecule has 1 aliphatic rings. The summed E-state index contributed by atoms with van der Waals surface area (Å²) in [6, 6.07) is 19.0. The van der Waals surface area contributed by atoms with Crippen LogP contribution in [-0.4, -0.2) is 88.4 Å². The molecule has 0 aromatic heterocycles. The van der Waals surface area contributed by atoms with Gasteiger partial charge in [0, 0.05) is 36.4 Å².